The van der Waals surface area contributed by atoms with Crippen LogP contribution in [0.15, 0.2) is 24.3 Å². The predicted molar refractivity (Wildman–Crippen MR) is 75.4 cm³/mol. The first-order valence-electron chi connectivity index (χ1n) is 5.94. The molecule has 1 rings (SSSR count). The zero-order chi connectivity index (χ0) is 14.6. The van der Waals surface area contributed by atoms with Gasteiger partial charge in [0.15, 0.2) is 9.84 Å². The number of carbonyl (C=O) groups is 1. The molecule has 1 aromatic rings. The van der Waals surface area contributed by atoms with Crippen LogP contribution in [0.2, 0.25) is 5.02 Å². The number of carboxylic acids is 1. The van der Waals surface area contributed by atoms with Gasteiger partial charge in [-0.3, -0.25) is 4.79 Å². The van der Waals surface area contributed by atoms with Crippen molar-refractivity contribution in [1.82, 2.24) is 0 Å². The Morgan fingerprint density at radius 2 is 1.79 bits per heavy atom. The van der Waals surface area contributed by atoms with Crippen molar-refractivity contribution < 1.29 is 18.3 Å². The van der Waals surface area contributed by atoms with Gasteiger partial charge in [-0.25, -0.2) is 8.42 Å². The Bertz CT molecular complexity index is 534. The van der Waals surface area contributed by atoms with Crippen LogP contribution >= 0.6 is 11.6 Å². The van der Waals surface area contributed by atoms with Crippen LogP contribution in [0, 0.1) is 0 Å². The molecule has 0 bridgehead atoms. The largest absolute Gasteiger partial charge is 0.481 e. The van der Waals surface area contributed by atoms with E-state index < -0.39 is 27.0 Å². The van der Waals surface area contributed by atoms with E-state index in [0.717, 1.165) is 0 Å². The second kappa shape index (κ2) is 6.39. The summed E-state index contributed by atoms with van der Waals surface area (Å²) < 4.78 is 23.5. The lowest BCUT2D eigenvalue weighted by Crippen LogP contribution is -2.22. The lowest BCUT2D eigenvalue weighted by atomic mass is 9.97. The molecule has 0 saturated heterocycles. The monoisotopic (exact) mass is 304 g/mol. The maximum Gasteiger partial charge on any atom is 0.311 e. The second-order valence-electron chi connectivity index (χ2n) is 4.65. The molecule has 19 heavy (non-hydrogen) atoms. The molecule has 1 atom stereocenters. The number of aliphatic carboxylic acids is 1. The predicted octanol–water partition coefficient (Wildman–Crippen LogP) is 2.72. The van der Waals surface area contributed by atoms with E-state index in [-0.39, 0.29) is 12.2 Å². The third kappa shape index (κ3) is 4.51. The molecule has 0 aromatic heterocycles. The average Bonchev–Trinajstić information content (AvgIpc) is 2.31. The van der Waals surface area contributed by atoms with E-state index in [1.807, 2.05) is 0 Å². The number of hydrogen-bond acceptors (Lipinski definition) is 3. The molecule has 0 aliphatic heterocycles. The van der Waals surface area contributed by atoms with E-state index in [1.165, 1.54) is 0 Å². The Kier molecular flexibility index (Phi) is 5.38. The van der Waals surface area contributed by atoms with Gasteiger partial charge < -0.3 is 5.11 Å². The Balaban J connectivity index is 2.86. The van der Waals surface area contributed by atoms with Crippen molar-refractivity contribution in [3.8, 4) is 0 Å². The number of benzene rings is 1. The standard InChI is InChI=1S/C13H17ClO4S/c1-9(2)19(17,18)8-7-12(13(15)16)10-3-5-11(14)6-4-10/h3-6,9,12H,7-8H2,1-2H3,(H,15,16). The van der Waals surface area contributed by atoms with E-state index in [0.29, 0.717) is 10.6 Å². The van der Waals surface area contributed by atoms with Crippen LogP contribution in [0.1, 0.15) is 31.7 Å². The lowest BCUT2D eigenvalue weighted by molar-refractivity contribution is -0.138. The minimum atomic E-state index is -3.23. The van der Waals surface area contributed by atoms with Crippen molar-refractivity contribution in [3.63, 3.8) is 0 Å². The molecule has 0 aliphatic carbocycles. The molecule has 0 fully saturated rings. The Morgan fingerprint density at radius 1 is 1.26 bits per heavy atom. The number of carboxylic acid groups (broad SMARTS) is 1. The first-order valence-corrected chi connectivity index (χ1v) is 8.03. The van der Waals surface area contributed by atoms with Gasteiger partial charge in [-0.05, 0) is 38.0 Å². The van der Waals surface area contributed by atoms with Gasteiger partial charge in [0.05, 0.1) is 16.9 Å². The van der Waals surface area contributed by atoms with Gasteiger partial charge in [0.2, 0.25) is 0 Å². The zero-order valence-corrected chi connectivity index (χ0v) is 12.4. The molecule has 0 spiro atoms. The highest BCUT2D eigenvalue weighted by Crippen LogP contribution is 2.23. The SMILES string of the molecule is CC(C)S(=O)(=O)CCC(C(=O)O)c1ccc(Cl)cc1. The molecular weight excluding hydrogens is 288 g/mol. The maximum absolute atomic E-state index is 11.7. The third-order valence-electron chi connectivity index (χ3n) is 2.98. The normalized spacial score (nSPS) is 13.5. The van der Waals surface area contributed by atoms with E-state index in [2.05, 4.69) is 0 Å². The molecule has 1 unspecified atom stereocenters. The molecule has 4 nitrogen and oxygen atoms in total. The van der Waals surface area contributed by atoms with Crippen LogP contribution < -0.4 is 0 Å². The second-order valence-corrected chi connectivity index (χ2v) is 7.76. The molecule has 0 radical (unpaired) electrons. The first-order chi connectivity index (χ1) is 8.74. The summed E-state index contributed by atoms with van der Waals surface area (Å²) in [5, 5.41) is 9.23. The van der Waals surface area contributed by atoms with Crippen LogP contribution in [-0.2, 0) is 14.6 Å². The molecular formula is C13H17ClO4S. The van der Waals surface area contributed by atoms with Crippen LogP contribution in [0.25, 0.3) is 0 Å². The van der Waals surface area contributed by atoms with E-state index in [1.54, 1.807) is 38.1 Å². The number of hydrogen-bond donors (Lipinski definition) is 1. The fraction of sp³-hybridized carbons (Fsp3) is 0.462. The lowest BCUT2D eigenvalue weighted by Gasteiger charge is -2.14. The summed E-state index contributed by atoms with van der Waals surface area (Å²) in [5.41, 5.74) is 0.566. The van der Waals surface area contributed by atoms with Crippen LogP contribution in [0.4, 0.5) is 0 Å². The van der Waals surface area contributed by atoms with Crippen molar-refractivity contribution in [2.45, 2.75) is 31.4 Å². The quantitative estimate of drug-likeness (QED) is 0.877. The summed E-state index contributed by atoms with van der Waals surface area (Å²) in [4.78, 5) is 11.2. The van der Waals surface area contributed by atoms with E-state index >= 15 is 0 Å². The van der Waals surface area contributed by atoms with E-state index in [9.17, 15) is 18.3 Å². The van der Waals surface area contributed by atoms with Crippen LogP contribution in [0.3, 0.4) is 0 Å². The van der Waals surface area contributed by atoms with Crippen molar-refractivity contribution in [3.05, 3.63) is 34.9 Å². The summed E-state index contributed by atoms with van der Waals surface area (Å²) >= 11 is 5.74. The first kappa shape index (κ1) is 16.0. The Morgan fingerprint density at radius 3 is 2.21 bits per heavy atom. The summed E-state index contributed by atoms with van der Waals surface area (Å²) in [7, 11) is -3.23. The average molecular weight is 305 g/mol. The fourth-order valence-corrected chi connectivity index (χ4v) is 2.81. The molecule has 1 aromatic carbocycles. The molecule has 0 saturated carbocycles. The highest BCUT2D eigenvalue weighted by molar-refractivity contribution is 7.91. The van der Waals surface area contributed by atoms with Crippen molar-refractivity contribution in [2.75, 3.05) is 5.75 Å². The highest BCUT2D eigenvalue weighted by Gasteiger charge is 2.24. The van der Waals surface area contributed by atoms with Gasteiger partial charge in [0.1, 0.15) is 0 Å². The summed E-state index contributed by atoms with van der Waals surface area (Å²) in [5.74, 6) is -1.99. The summed E-state index contributed by atoms with van der Waals surface area (Å²) in [6.45, 7) is 3.18. The summed E-state index contributed by atoms with van der Waals surface area (Å²) in [6, 6.07) is 6.43. The highest BCUT2D eigenvalue weighted by atomic mass is 35.5. The molecule has 106 valence electrons. The van der Waals surface area contributed by atoms with Gasteiger partial charge in [-0.15, -0.1) is 0 Å². The number of sulfone groups is 1. The smallest absolute Gasteiger partial charge is 0.311 e. The topological polar surface area (TPSA) is 71.4 Å². The van der Waals surface area contributed by atoms with Gasteiger partial charge in [-0.2, -0.15) is 0 Å². The fourth-order valence-electron chi connectivity index (χ4n) is 1.65. The minimum Gasteiger partial charge on any atom is -0.481 e. The molecule has 0 aliphatic rings. The molecule has 1 N–H and O–H groups in total. The van der Waals surface area contributed by atoms with E-state index in [4.69, 9.17) is 11.6 Å². The number of rotatable bonds is 6. The van der Waals surface area contributed by atoms with Gasteiger partial charge in [0.25, 0.3) is 0 Å². The maximum atomic E-state index is 11.7. The van der Waals surface area contributed by atoms with Crippen molar-refractivity contribution in [2.24, 2.45) is 0 Å². The van der Waals surface area contributed by atoms with Gasteiger partial charge in [-0.1, -0.05) is 23.7 Å². The molecule has 0 amide bonds. The van der Waals surface area contributed by atoms with Gasteiger partial charge >= 0.3 is 5.97 Å². The Hall–Kier alpha value is -1.07. The number of halogens is 1. The van der Waals surface area contributed by atoms with Crippen LogP contribution in [0.5, 0.6) is 0 Å². The zero-order valence-electron chi connectivity index (χ0n) is 10.8. The minimum absolute atomic E-state index is 0.0669. The van der Waals surface area contributed by atoms with Crippen molar-refractivity contribution >= 4 is 27.4 Å². The third-order valence-corrected chi connectivity index (χ3v) is 5.47. The van der Waals surface area contributed by atoms with Crippen LogP contribution in [-0.4, -0.2) is 30.5 Å². The molecule has 6 heteroatoms. The summed E-state index contributed by atoms with van der Waals surface area (Å²) in [6.07, 6.45) is 0.0669. The van der Waals surface area contributed by atoms with Gasteiger partial charge in [0, 0.05) is 5.02 Å². The molecule has 0 heterocycles. The Labute approximate surface area is 118 Å². The van der Waals surface area contributed by atoms with Crippen molar-refractivity contribution in [1.29, 1.82) is 0 Å².